The minimum atomic E-state index is -1.37. The summed E-state index contributed by atoms with van der Waals surface area (Å²) in [6.07, 6.45) is 8.14. The Balaban J connectivity index is 0.00000260. The van der Waals surface area contributed by atoms with E-state index in [1.807, 2.05) is 0 Å². The molecular weight excluding hydrogens is 703 g/mol. The van der Waals surface area contributed by atoms with Gasteiger partial charge in [-0.15, -0.1) is 0 Å². The second-order valence-corrected chi connectivity index (χ2v) is 18.1. The average molecular weight is 754 g/mol. The fourth-order valence-electron chi connectivity index (χ4n) is 8.47. The van der Waals surface area contributed by atoms with Crippen LogP contribution >= 0.6 is 0 Å². The van der Waals surface area contributed by atoms with Gasteiger partial charge in [0, 0.05) is 0 Å². The Bertz CT molecular complexity index is 1920. The van der Waals surface area contributed by atoms with Gasteiger partial charge in [-0.05, 0) is 0 Å². The van der Waals surface area contributed by atoms with Crippen LogP contribution in [0.1, 0.15) is 96.9 Å². The Morgan fingerprint density at radius 2 is 1.31 bits per heavy atom. The van der Waals surface area contributed by atoms with Crippen molar-refractivity contribution in [3.63, 3.8) is 0 Å². The molecule has 3 aromatic rings. The quantitative estimate of drug-likeness (QED) is 0.324. The molecule has 249 valence electrons. The molecule has 1 unspecified atom stereocenters. The third kappa shape index (κ3) is 6.50. The Morgan fingerprint density at radius 3 is 1.77 bits per heavy atom. The van der Waals surface area contributed by atoms with E-state index in [0.29, 0.717) is 23.7 Å². The van der Waals surface area contributed by atoms with Gasteiger partial charge in [-0.3, -0.25) is 0 Å². The summed E-state index contributed by atoms with van der Waals surface area (Å²) in [4.78, 5) is 0. The monoisotopic (exact) mass is 751 g/mol. The van der Waals surface area contributed by atoms with Crippen molar-refractivity contribution in [2.24, 2.45) is 23.2 Å². The number of halogens is 2. The summed E-state index contributed by atoms with van der Waals surface area (Å²) in [6, 6.07) is 27.6. The van der Waals surface area contributed by atoms with Gasteiger partial charge >= 0.3 is 291 Å². The molecule has 0 nitrogen and oxygen atoms in total. The first-order valence-electron chi connectivity index (χ1n) is 17.5. The Morgan fingerprint density at radius 1 is 0.729 bits per heavy atom. The maximum Gasteiger partial charge on any atom is -1.00 e. The summed E-state index contributed by atoms with van der Waals surface area (Å²) >= 11 is -1.37. The van der Waals surface area contributed by atoms with Crippen molar-refractivity contribution >= 4 is 12.1 Å². The topological polar surface area (TPSA) is 0 Å². The molecule has 0 radical (unpaired) electrons. The summed E-state index contributed by atoms with van der Waals surface area (Å²) < 4.78 is 3.25. The number of fused-ring (bicyclic) bond motifs is 2. The normalized spacial score (nSPS) is 18.3. The number of benzene rings is 3. The fraction of sp³-hybridized carbons (Fsp3) is 0.356. The van der Waals surface area contributed by atoms with E-state index < -0.39 is 22.8 Å². The molecule has 0 amide bonds. The molecule has 3 aliphatic carbocycles. The third-order valence-corrected chi connectivity index (χ3v) is 14.5. The molecule has 0 heterocycles. The van der Waals surface area contributed by atoms with Crippen LogP contribution in [0.15, 0.2) is 119 Å². The van der Waals surface area contributed by atoms with E-state index in [2.05, 4.69) is 160 Å². The Hall–Kier alpha value is -2.31. The molecule has 0 N–H and O–H groups in total. The molecule has 3 heteroatoms. The first-order valence-corrected chi connectivity index (χ1v) is 19.9. The standard InChI is InChI=1S/C32H41.C13H10.2ClH.Zr/c1-18(2)25-16-22(9)15-24-17-26-29(28(24)25)27(19(3)4)30(20(5)6)32(10,21(7)8)31(26)23-13-11-12-14-23;1-3-7-12(8-4-1)11-13-9-5-2-6-10-13;;;/h11-13,15-16,18-21H,14H2,1-10H3;1-10H;2*1H;/q;;;;+2/p-2. The molecule has 0 aromatic heterocycles. The predicted molar refractivity (Wildman–Crippen MR) is 196 cm³/mol. The molecule has 1 atom stereocenters. The summed E-state index contributed by atoms with van der Waals surface area (Å²) in [7, 11) is 0. The zero-order valence-corrected chi connectivity index (χ0v) is 34.4. The van der Waals surface area contributed by atoms with Crippen molar-refractivity contribution in [3.8, 4) is 0 Å². The van der Waals surface area contributed by atoms with E-state index in [-0.39, 0.29) is 30.2 Å². The van der Waals surface area contributed by atoms with Crippen LogP contribution in [0.4, 0.5) is 0 Å². The number of hydrogen-bond donors (Lipinski definition) is 0. The second kappa shape index (κ2) is 15.3. The number of allylic oxidation sites excluding steroid dienone is 8. The van der Waals surface area contributed by atoms with Crippen molar-refractivity contribution in [2.45, 2.75) is 81.6 Å². The fourth-order valence-corrected chi connectivity index (χ4v) is 12.4. The minimum absolute atomic E-state index is 0. The summed E-state index contributed by atoms with van der Waals surface area (Å²) in [5.41, 5.74) is 15.2. The van der Waals surface area contributed by atoms with Crippen LogP contribution < -0.4 is 35.3 Å². The van der Waals surface area contributed by atoms with E-state index in [1.54, 1.807) is 39.6 Å². The zero-order chi connectivity index (χ0) is 32.9. The van der Waals surface area contributed by atoms with E-state index in [9.17, 15) is 0 Å². The smallest absolute Gasteiger partial charge is 1.00 e. The summed E-state index contributed by atoms with van der Waals surface area (Å²) in [5, 5.41) is 3.08. The first kappa shape index (κ1) is 38.5. The Labute approximate surface area is 313 Å². The van der Waals surface area contributed by atoms with Crippen LogP contribution in [-0.4, -0.2) is 3.21 Å². The molecule has 0 fully saturated rings. The van der Waals surface area contributed by atoms with E-state index in [0.717, 1.165) is 6.42 Å². The second-order valence-electron chi connectivity index (χ2n) is 15.0. The van der Waals surface area contributed by atoms with Gasteiger partial charge in [-0.25, -0.2) is 0 Å². The van der Waals surface area contributed by atoms with Crippen molar-refractivity contribution in [3.05, 3.63) is 152 Å². The minimum Gasteiger partial charge on any atom is -1.00 e. The molecular formula is C45H51Cl2Zr. The van der Waals surface area contributed by atoms with Gasteiger partial charge < -0.3 is 24.8 Å². The third-order valence-electron chi connectivity index (χ3n) is 10.6. The van der Waals surface area contributed by atoms with Crippen LogP contribution in [0.2, 0.25) is 0 Å². The van der Waals surface area contributed by atoms with Crippen LogP contribution in [0, 0.1) is 30.1 Å². The van der Waals surface area contributed by atoms with Gasteiger partial charge in [0.1, 0.15) is 0 Å². The molecule has 3 aromatic carbocycles. The average Bonchev–Trinajstić information content (AvgIpc) is 3.66. The molecule has 0 bridgehead atoms. The maximum atomic E-state index is 2.60. The van der Waals surface area contributed by atoms with Crippen LogP contribution in [-0.2, 0) is 22.8 Å². The van der Waals surface area contributed by atoms with E-state index in [1.165, 1.54) is 33.0 Å². The predicted octanol–water partition coefficient (Wildman–Crippen LogP) is 4.22. The maximum absolute atomic E-state index is 2.60. The van der Waals surface area contributed by atoms with Crippen LogP contribution in [0.5, 0.6) is 0 Å². The van der Waals surface area contributed by atoms with E-state index >= 15 is 0 Å². The van der Waals surface area contributed by atoms with Gasteiger partial charge in [-0.1, -0.05) is 0 Å². The van der Waals surface area contributed by atoms with Gasteiger partial charge in [0.2, 0.25) is 0 Å². The van der Waals surface area contributed by atoms with Gasteiger partial charge in [0.25, 0.3) is 0 Å². The number of aryl methyl sites for hydroxylation is 1. The van der Waals surface area contributed by atoms with Gasteiger partial charge in [0.05, 0.1) is 0 Å². The number of hydrogen-bond acceptors (Lipinski definition) is 0. The summed E-state index contributed by atoms with van der Waals surface area (Å²) in [6.45, 7) is 24.5. The molecule has 0 saturated carbocycles. The first-order chi connectivity index (χ1) is 22.0. The van der Waals surface area contributed by atoms with Crippen LogP contribution in [0.3, 0.4) is 0 Å². The molecule has 0 spiro atoms. The largest absolute Gasteiger partial charge is 1.00 e. The molecule has 48 heavy (non-hydrogen) atoms. The van der Waals surface area contributed by atoms with Crippen molar-refractivity contribution in [1.82, 2.24) is 0 Å². The number of rotatable bonds is 8. The van der Waals surface area contributed by atoms with Crippen LogP contribution in [0.25, 0.3) is 8.85 Å². The van der Waals surface area contributed by atoms with Crippen molar-refractivity contribution < 1.29 is 47.6 Å². The molecule has 0 aliphatic heterocycles. The van der Waals surface area contributed by atoms with Crippen molar-refractivity contribution in [2.75, 3.05) is 0 Å². The molecule has 6 rings (SSSR count). The van der Waals surface area contributed by atoms with Gasteiger partial charge in [-0.2, -0.15) is 0 Å². The molecule has 0 saturated heterocycles. The Kier molecular flexibility index (Phi) is 12.3. The zero-order valence-electron chi connectivity index (χ0n) is 30.4. The van der Waals surface area contributed by atoms with Crippen molar-refractivity contribution in [1.29, 1.82) is 0 Å². The molecule has 3 aliphatic rings. The SMILES string of the molecule is Cc1cc(C(C)C)c2c(c1)=[C]([Zr+2]=[C](c1ccccc1)c1ccccc1)C1=C(C3=CC=CC3)C(C)(C(C)C)C(C(C)C)=C(C(C)C)C=21.[Cl-].[Cl-]. The summed E-state index contributed by atoms with van der Waals surface area (Å²) in [5.74, 6) is 1.81. The van der Waals surface area contributed by atoms with E-state index in [4.69, 9.17) is 0 Å². The van der Waals surface area contributed by atoms with Gasteiger partial charge in [0.15, 0.2) is 0 Å².